The van der Waals surface area contributed by atoms with Crippen LogP contribution in [0.15, 0.2) is 48.5 Å². The first-order chi connectivity index (χ1) is 11.1. The third kappa shape index (κ3) is 4.81. The summed E-state index contributed by atoms with van der Waals surface area (Å²) in [5.41, 5.74) is 3.27. The van der Waals surface area contributed by atoms with E-state index in [9.17, 15) is 0 Å². The minimum absolute atomic E-state index is 0.0904. The summed E-state index contributed by atoms with van der Waals surface area (Å²) in [6.07, 6.45) is 0. The highest BCUT2D eigenvalue weighted by molar-refractivity contribution is 6.68. The van der Waals surface area contributed by atoms with Crippen molar-refractivity contribution in [2.45, 2.75) is 42.8 Å². The van der Waals surface area contributed by atoms with Gasteiger partial charge in [0.25, 0.3) is 0 Å². The smallest absolute Gasteiger partial charge is 0.201 e. The number of alkyl halides is 3. The van der Waals surface area contributed by atoms with Crippen LogP contribution in [0.5, 0.6) is 5.75 Å². The first kappa shape index (κ1) is 19.4. The van der Waals surface area contributed by atoms with Gasteiger partial charge in [-0.25, -0.2) is 0 Å². The summed E-state index contributed by atoms with van der Waals surface area (Å²) in [4.78, 5) is 0. The van der Waals surface area contributed by atoms with Crippen LogP contribution in [0.4, 0.5) is 0 Å². The van der Waals surface area contributed by atoms with Crippen LogP contribution in [0.2, 0.25) is 0 Å². The summed E-state index contributed by atoms with van der Waals surface area (Å²) in [6, 6.07) is 16.0. The maximum absolute atomic E-state index is 6.30. The lowest BCUT2D eigenvalue weighted by Crippen LogP contribution is -2.19. The number of rotatable bonds is 4. The third-order valence-corrected chi connectivity index (χ3v) is 4.62. The van der Waals surface area contributed by atoms with Gasteiger partial charge in [-0.1, -0.05) is 92.0 Å². The molecular weight excluding hydrogens is 363 g/mol. The first-order valence-electron chi connectivity index (χ1n) is 8.03. The second-order valence-electron chi connectivity index (χ2n) is 6.85. The minimum Gasteiger partial charge on any atom is -0.494 e. The Morgan fingerprint density at radius 3 is 1.67 bits per heavy atom. The Hall–Kier alpha value is -0.890. The number of hydrogen-bond acceptors (Lipinski definition) is 1. The van der Waals surface area contributed by atoms with Gasteiger partial charge in [-0.3, -0.25) is 0 Å². The maximum Gasteiger partial charge on any atom is 0.201 e. The summed E-state index contributed by atoms with van der Waals surface area (Å²) >= 11 is 18.9. The van der Waals surface area contributed by atoms with Crippen LogP contribution in [0.25, 0.3) is 0 Å². The average Bonchev–Trinajstić information content (AvgIpc) is 2.48. The van der Waals surface area contributed by atoms with E-state index in [4.69, 9.17) is 39.5 Å². The van der Waals surface area contributed by atoms with Crippen molar-refractivity contribution in [3.63, 3.8) is 0 Å². The SMILES string of the molecule is CCOc1ccc(C(c2ccc(C(C)(C)C)cc2)C(Cl)(Cl)Cl)cc1. The molecule has 0 N–H and O–H groups in total. The highest BCUT2D eigenvalue weighted by Gasteiger charge is 2.35. The lowest BCUT2D eigenvalue weighted by atomic mass is 9.84. The standard InChI is InChI=1S/C20H23Cl3O/c1-5-24-17-12-8-15(9-13-17)18(20(21,22)23)14-6-10-16(11-7-14)19(2,3)4/h6-13,18H,5H2,1-4H3. The van der Waals surface area contributed by atoms with Crippen LogP contribution in [0.3, 0.4) is 0 Å². The van der Waals surface area contributed by atoms with Crippen molar-refractivity contribution in [1.82, 2.24) is 0 Å². The lowest BCUT2D eigenvalue weighted by Gasteiger charge is -2.27. The Morgan fingerprint density at radius 2 is 1.29 bits per heavy atom. The molecule has 0 aliphatic heterocycles. The van der Waals surface area contributed by atoms with Gasteiger partial charge in [0.1, 0.15) is 5.75 Å². The fourth-order valence-electron chi connectivity index (χ4n) is 2.67. The molecule has 2 aromatic rings. The van der Waals surface area contributed by atoms with Crippen LogP contribution in [0.1, 0.15) is 50.3 Å². The molecule has 0 aliphatic carbocycles. The molecule has 0 radical (unpaired) electrons. The molecule has 2 aromatic carbocycles. The predicted molar refractivity (Wildman–Crippen MR) is 105 cm³/mol. The second kappa shape index (κ2) is 7.56. The van der Waals surface area contributed by atoms with Crippen LogP contribution in [-0.4, -0.2) is 10.4 Å². The van der Waals surface area contributed by atoms with Gasteiger partial charge >= 0.3 is 0 Å². The molecule has 0 aromatic heterocycles. The van der Waals surface area contributed by atoms with Crippen molar-refractivity contribution in [2.75, 3.05) is 6.61 Å². The van der Waals surface area contributed by atoms with Gasteiger partial charge in [-0.15, -0.1) is 0 Å². The molecule has 1 nitrogen and oxygen atoms in total. The van der Waals surface area contributed by atoms with Gasteiger partial charge < -0.3 is 4.74 Å². The summed E-state index contributed by atoms with van der Waals surface area (Å²) in [5, 5.41) is 0. The van der Waals surface area contributed by atoms with Crippen molar-refractivity contribution in [1.29, 1.82) is 0 Å². The van der Waals surface area contributed by atoms with Gasteiger partial charge in [0.15, 0.2) is 0 Å². The number of halogens is 3. The zero-order chi connectivity index (χ0) is 18.0. The Bertz CT molecular complexity index is 649. The average molecular weight is 386 g/mol. The molecule has 0 heterocycles. The van der Waals surface area contributed by atoms with Crippen molar-refractivity contribution >= 4 is 34.8 Å². The predicted octanol–water partition coefficient (Wildman–Crippen LogP) is 6.88. The van der Waals surface area contributed by atoms with E-state index in [1.807, 2.05) is 43.3 Å². The summed E-state index contributed by atoms with van der Waals surface area (Å²) < 4.78 is 4.05. The van der Waals surface area contributed by atoms with Gasteiger partial charge in [-0.2, -0.15) is 0 Å². The van der Waals surface area contributed by atoms with E-state index < -0.39 is 3.79 Å². The van der Waals surface area contributed by atoms with Crippen LogP contribution in [0, 0.1) is 0 Å². The maximum atomic E-state index is 6.30. The van der Waals surface area contributed by atoms with Crippen LogP contribution in [-0.2, 0) is 5.41 Å². The molecule has 130 valence electrons. The minimum atomic E-state index is -1.43. The Morgan fingerprint density at radius 1 is 0.833 bits per heavy atom. The Labute approximate surface area is 159 Å². The molecule has 0 saturated heterocycles. The quantitative estimate of drug-likeness (QED) is 0.521. The molecule has 1 unspecified atom stereocenters. The molecule has 24 heavy (non-hydrogen) atoms. The van der Waals surface area contributed by atoms with E-state index in [0.717, 1.165) is 16.9 Å². The second-order valence-corrected chi connectivity index (χ2v) is 9.22. The largest absolute Gasteiger partial charge is 0.494 e. The molecule has 2 rings (SSSR count). The molecule has 0 spiro atoms. The highest BCUT2D eigenvalue weighted by Crippen LogP contribution is 2.46. The topological polar surface area (TPSA) is 9.23 Å². The lowest BCUT2D eigenvalue weighted by molar-refractivity contribution is 0.340. The molecule has 0 fully saturated rings. The number of benzene rings is 2. The van der Waals surface area contributed by atoms with Crippen LogP contribution >= 0.6 is 34.8 Å². The summed E-state index contributed by atoms with van der Waals surface area (Å²) in [7, 11) is 0. The third-order valence-electron chi connectivity index (χ3n) is 3.96. The van der Waals surface area contributed by atoms with Gasteiger partial charge in [0.2, 0.25) is 3.79 Å². The van der Waals surface area contributed by atoms with E-state index in [-0.39, 0.29) is 11.3 Å². The molecule has 0 saturated carbocycles. The first-order valence-corrected chi connectivity index (χ1v) is 9.16. The zero-order valence-electron chi connectivity index (χ0n) is 14.4. The zero-order valence-corrected chi connectivity index (χ0v) is 16.7. The fourth-order valence-corrected chi connectivity index (χ4v) is 3.43. The van der Waals surface area contributed by atoms with E-state index in [0.29, 0.717) is 6.61 Å². The van der Waals surface area contributed by atoms with Crippen LogP contribution < -0.4 is 4.74 Å². The Kier molecular flexibility index (Phi) is 6.12. The molecule has 0 aliphatic rings. The van der Waals surface area contributed by atoms with Gasteiger partial charge in [0, 0.05) is 0 Å². The summed E-state index contributed by atoms with van der Waals surface area (Å²) in [5.74, 6) is 0.472. The molecule has 4 heteroatoms. The van der Waals surface area contributed by atoms with Gasteiger partial charge in [0.05, 0.1) is 12.5 Å². The fraction of sp³-hybridized carbons (Fsp3) is 0.400. The molecule has 0 bridgehead atoms. The Balaban J connectivity index is 2.39. The van der Waals surface area contributed by atoms with Gasteiger partial charge in [-0.05, 0) is 41.2 Å². The monoisotopic (exact) mass is 384 g/mol. The van der Waals surface area contributed by atoms with Crippen molar-refractivity contribution < 1.29 is 4.74 Å². The number of hydrogen-bond donors (Lipinski definition) is 0. The molecular formula is C20H23Cl3O. The van der Waals surface area contributed by atoms with Crippen molar-refractivity contribution in [3.05, 3.63) is 65.2 Å². The van der Waals surface area contributed by atoms with E-state index in [1.54, 1.807) is 0 Å². The van der Waals surface area contributed by atoms with E-state index >= 15 is 0 Å². The highest BCUT2D eigenvalue weighted by atomic mass is 35.6. The van der Waals surface area contributed by atoms with E-state index in [1.165, 1.54) is 5.56 Å². The molecule has 1 atom stereocenters. The van der Waals surface area contributed by atoms with Crippen molar-refractivity contribution in [3.8, 4) is 5.75 Å². The number of ether oxygens (including phenoxy) is 1. The summed E-state index contributed by atoms with van der Waals surface area (Å²) in [6.45, 7) is 9.12. The molecule has 0 amide bonds. The normalized spacial score (nSPS) is 13.6. The van der Waals surface area contributed by atoms with Crippen molar-refractivity contribution in [2.24, 2.45) is 0 Å². The van der Waals surface area contributed by atoms with E-state index in [2.05, 4.69) is 32.9 Å².